The normalized spacial score (nSPS) is 11.4. The molecule has 1 atom stereocenters. The molecular weight excluding hydrogens is 417 g/mol. The van der Waals surface area contributed by atoms with Crippen LogP contribution in [0.4, 0.5) is 0 Å². The lowest BCUT2D eigenvalue weighted by Crippen LogP contribution is -2.34. The van der Waals surface area contributed by atoms with Crippen LogP contribution >= 0.6 is 23.2 Å². The van der Waals surface area contributed by atoms with E-state index in [0.717, 1.165) is 5.56 Å². The molecule has 0 aliphatic heterocycles. The minimum atomic E-state index is -0.568. The van der Waals surface area contributed by atoms with Crippen LogP contribution in [0.5, 0.6) is 11.5 Å². The highest BCUT2D eigenvalue weighted by molar-refractivity contribution is 6.35. The Morgan fingerprint density at radius 2 is 1.72 bits per heavy atom. The Hall–Kier alpha value is -2.44. The summed E-state index contributed by atoms with van der Waals surface area (Å²) in [4.78, 5) is 24.4. The lowest BCUT2D eigenvalue weighted by molar-refractivity contribution is -0.143. The number of hydrogen-bond acceptors (Lipinski definition) is 5. The second-order valence-electron chi connectivity index (χ2n) is 5.99. The number of rotatable bonds is 10. The maximum Gasteiger partial charge on any atom is 0.308 e. The van der Waals surface area contributed by atoms with Gasteiger partial charge in [0.05, 0.1) is 30.7 Å². The van der Waals surface area contributed by atoms with Gasteiger partial charge in [-0.3, -0.25) is 9.59 Å². The third kappa shape index (κ3) is 7.48. The van der Waals surface area contributed by atoms with Crippen molar-refractivity contribution < 1.29 is 23.8 Å². The monoisotopic (exact) mass is 439 g/mol. The minimum Gasteiger partial charge on any atom is -0.494 e. The molecule has 2 rings (SSSR count). The fraction of sp³-hybridized carbons (Fsp3) is 0.333. The molecule has 0 aromatic heterocycles. The highest BCUT2D eigenvalue weighted by Gasteiger charge is 2.20. The van der Waals surface area contributed by atoms with Crippen molar-refractivity contribution in [2.24, 2.45) is 0 Å². The van der Waals surface area contributed by atoms with E-state index in [1.54, 1.807) is 43.3 Å². The van der Waals surface area contributed by atoms with Gasteiger partial charge in [0.1, 0.15) is 11.5 Å². The predicted octanol–water partition coefficient (Wildman–Crippen LogP) is 4.58. The van der Waals surface area contributed by atoms with Crippen LogP contribution in [0, 0.1) is 0 Å². The third-order valence-electron chi connectivity index (χ3n) is 3.86. The highest BCUT2D eigenvalue weighted by atomic mass is 35.5. The van der Waals surface area contributed by atoms with Gasteiger partial charge < -0.3 is 19.5 Å². The van der Waals surface area contributed by atoms with Crippen LogP contribution in [-0.4, -0.2) is 31.7 Å². The second-order valence-corrected chi connectivity index (χ2v) is 6.84. The molecule has 156 valence electrons. The van der Waals surface area contributed by atoms with Gasteiger partial charge in [-0.25, -0.2) is 0 Å². The van der Waals surface area contributed by atoms with Crippen molar-refractivity contribution in [3.63, 3.8) is 0 Å². The van der Waals surface area contributed by atoms with Crippen LogP contribution in [0.3, 0.4) is 0 Å². The highest BCUT2D eigenvalue weighted by Crippen LogP contribution is 2.27. The molecule has 2 aromatic rings. The van der Waals surface area contributed by atoms with Crippen molar-refractivity contribution in [3.8, 4) is 11.5 Å². The number of ether oxygens (including phenoxy) is 3. The minimum absolute atomic E-state index is 0.00470. The topological polar surface area (TPSA) is 73.9 Å². The molecule has 8 heteroatoms. The van der Waals surface area contributed by atoms with Gasteiger partial charge in [0.25, 0.3) is 5.91 Å². The zero-order valence-corrected chi connectivity index (χ0v) is 17.8. The fourth-order valence-electron chi connectivity index (χ4n) is 2.57. The standard InChI is InChI=1S/C21H23Cl2NO5/c1-3-27-16-8-5-14(6-9-16)18(12-21(26)28-4-2)24-20(25)13-29-19-10-7-15(22)11-17(19)23/h5-11,18H,3-4,12-13H2,1-2H3,(H,24,25)/t18-/m0/s1. The molecule has 2 aromatic carbocycles. The quantitative estimate of drug-likeness (QED) is 0.548. The van der Waals surface area contributed by atoms with E-state index in [1.807, 2.05) is 6.92 Å². The summed E-state index contributed by atoms with van der Waals surface area (Å²) in [5.74, 6) is 0.236. The largest absolute Gasteiger partial charge is 0.494 e. The van der Waals surface area contributed by atoms with E-state index in [-0.39, 0.29) is 19.6 Å². The Labute approximate surface area is 180 Å². The van der Waals surface area contributed by atoms with Crippen LogP contribution in [0.25, 0.3) is 0 Å². The van der Waals surface area contributed by atoms with E-state index in [0.29, 0.717) is 28.2 Å². The number of carbonyl (C=O) groups is 2. The summed E-state index contributed by atoms with van der Waals surface area (Å²) in [5, 5.41) is 3.58. The summed E-state index contributed by atoms with van der Waals surface area (Å²) in [6.45, 7) is 4.17. The fourth-order valence-corrected chi connectivity index (χ4v) is 3.04. The average Bonchev–Trinajstić information content (AvgIpc) is 2.68. The zero-order valence-electron chi connectivity index (χ0n) is 16.2. The average molecular weight is 440 g/mol. The number of esters is 1. The maximum absolute atomic E-state index is 12.4. The first-order valence-corrected chi connectivity index (χ1v) is 9.94. The van der Waals surface area contributed by atoms with Crippen molar-refractivity contribution in [3.05, 3.63) is 58.1 Å². The molecule has 6 nitrogen and oxygen atoms in total. The third-order valence-corrected chi connectivity index (χ3v) is 4.39. The molecule has 1 amide bonds. The molecule has 0 aliphatic carbocycles. The van der Waals surface area contributed by atoms with Crippen molar-refractivity contribution in [2.75, 3.05) is 19.8 Å². The van der Waals surface area contributed by atoms with Crippen molar-refractivity contribution in [1.29, 1.82) is 0 Å². The summed E-state index contributed by atoms with van der Waals surface area (Å²) in [7, 11) is 0. The van der Waals surface area contributed by atoms with Gasteiger partial charge in [-0.15, -0.1) is 0 Å². The van der Waals surface area contributed by atoms with Crippen LogP contribution in [0.2, 0.25) is 10.0 Å². The van der Waals surface area contributed by atoms with E-state index >= 15 is 0 Å². The number of nitrogens with one attached hydrogen (secondary N) is 1. The van der Waals surface area contributed by atoms with Crippen molar-refractivity contribution >= 4 is 35.1 Å². The first-order valence-electron chi connectivity index (χ1n) is 9.18. The maximum atomic E-state index is 12.4. The van der Waals surface area contributed by atoms with E-state index in [9.17, 15) is 9.59 Å². The first-order chi connectivity index (χ1) is 13.9. The van der Waals surface area contributed by atoms with Gasteiger partial charge in [0, 0.05) is 5.02 Å². The number of amides is 1. The summed E-state index contributed by atoms with van der Waals surface area (Å²) in [6, 6.07) is 11.3. The van der Waals surface area contributed by atoms with Gasteiger partial charge in [-0.1, -0.05) is 35.3 Å². The van der Waals surface area contributed by atoms with Gasteiger partial charge >= 0.3 is 5.97 Å². The Kier molecular flexibility index (Phi) is 9.09. The number of carbonyl (C=O) groups excluding carboxylic acids is 2. The number of hydrogen-bond donors (Lipinski definition) is 1. The predicted molar refractivity (Wildman–Crippen MR) is 112 cm³/mol. The molecule has 0 radical (unpaired) electrons. The van der Waals surface area contributed by atoms with Crippen LogP contribution in [-0.2, 0) is 14.3 Å². The Balaban J connectivity index is 2.05. The smallest absolute Gasteiger partial charge is 0.308 e. The Morgan fingerprint density at radius 3 is 2.34 bits per heavy atom. The molecule has 0 fully saturated rings. The van der Waals surface area contributed by atoms with Crippen LogP contribution < -0.4 is 14.8 Å². The molecule has 1 N–H and O–H groups in total. The molecule has 29 heavy (non-hydrogen) atoms. The summed E-state index contributed by atoms with van der Waals surface area (Å²) >= 11 is 11.9. The molecule has 0 saturated heterocycles. The van der Waals surface area contributed by atoms with Gasteiger partial charge in [0.15, 0.2) is 6.61 Å². The second kappa shape index (κ2) is 11.5. The number of benzene rings is 2. The summed E-state index contributed by atoms with van der Waals surface area (Å²) < 4.78 is 15.9. The van der Waals surface area contributed by atoms with E-state index in [2.05, 4.69) is 5.32 Å². The lowest BCUT2D eigenvalue weighted by atomic mass is 10.0. The Bertz CT molecular complexity index is 826. The van der Waals surface area contributed by atoms with Crippen molar-refractivity contribution in [2.45, 2.75) is 26.3 Å². The molecule has 0 bridgehead atoms. The molecule has 0 spiro atoms. The Morgan fingerprint density at radius 1 is 1.00 bits per heavy atom. The van der Waals surface area contributed by atoms with Gasteiger partial charge in [0.2, 0.25) is 0 Å². The van der Waals surface area contributed by atoms with E-state index in [4.69, 9.17) is 37.4 Å². The van der Waals surface area contributed by atoms with Crippen LogP contribution in [0.15, 0.2) is 42.5 Å². The lowest BCUT2D eigenvalue weighted by Gasteiger charge is -2.19. The molecule has 0 heterocycles. The molecule has 0 aliphatic rings. The van der Waals surface area contributed by atoms with Gasteiger partial charge in [-0.2, -0.15) is 0 Å². The zero-order chi connectivity index (χ0) is 21.2. The number of halogens is 2. The van der Waals surface area contributed by atoms with Gasteiger partial charge in [-0.05, 0) is 49.7 Å². The first kappa shape index (κ1) is 22.8. The van der Waals surface area contributed by atoms with Crippen LogP contribution in [0.1, 0.15) is 31.9 Å². The van der Waals surface area contributed by atoms with E-state index < -0.39 is 17.9 Å². The van der Waals surface area contributed by atoms with E-state index in [1.165, 1.54) is 6.07 Å². The SMILES string of the molecule is CCOC(=O)C[C@H](NC(=O)COc1ccc(Cl)cc1Cl)c1ccc(OCC)cc1. The summed E-state index contributed by atoms with van der Waals surface area (Å²) in [6.07, 6.45) is -0.00470. The molecule has 0 unspecified atom stereocenters. The van der Waals surface area contributed by atoms with Crippen molar-refractivity contribution in [1.82, 2.24) is 5.32 Å². The molecule has 0 saturated carbocycles. The molecular formula is C21H23Cl2NO5. The summed E-state index contributed by atoms with van der Waals surface area (Å²) in [5.41, 5.74) is 0.749.